The summed E-state index contributed by atoms with van der Waals surface area (Å²) < 4.78 is 0. The van der Waals surface area contributed by atoms with Gasteiger partial charge in [0.05, 0.1) is 11.1 Å². The molecule has 0 saturated carbocycles. The molecular weight excluding hydrogens is 330 g/mol. The van der Waals surface area contributed by atoms with Gasteiger partial charge in [0.25, 0.3) is 0 Å². The molecule has 4 rings (SSSR count). The third-order valence-electron chi connectivity index (χ3n) is 5.06. The van der Waals surface area contributed by atoms with E-state index in [4.69, 9.17) is 11.6 Å². The van der Waals surface area contributed by atoms with Crippen LogP contribution >= 0.6 is 11.6 Å². The van der Waals surface area contributed by atoms with Crippen LogP contribution in [0.4, 0.5) is 5.69 Å². The van der Waals surface area contributed by atoms with Gasteiger partial charge in [-0.1, -0.05) is 29.8 Å². The van der Waals surface area contributed by atoms with E-state index < -0.39 is 0 Å². The van der Waals surface area contributed by atoms with Gasteiger partial charge in [-0.05, 0) is 62.2 Å². The lowest BCUT2D eigenvalue weighted by Gasteiger charge is -2.33. The zero-order valence-corrected chi connectivity index (χ0v) is 15.3. The number of anilines is 1. The minimum absolute atomic E-state index is 0.194. The van der Waals surface area contributed by atoms with Crippen molar-refractivity contribution in [3.63, 3.8) is 0 Å². The fourth-order valence-corrected chi connectivity index (χ4v) is 4.30. The Morgan fingerprint density at radius 1 is 1.16 bits per heavy atom. The lowest BCUT2D eigenvalue weighted by molar-refractivity contribution is 0.540. The van der Waals surface area contributed by atoms with Gasteiger partial charge in [-0.2, -0.15) is 0 Å². The largest absolute Gasteiger partial charge is 0.374 e. The molecule has 25 heavy (non-hydrogen) atoms. The zero-order valence-electron chi connectivity index (χ0n) is 14.6. The number of halogens is 1. The number of aromatic nitrogens is 1. The summed E-state index contributed by atoms with van der Waals surface area (Å²) in [5, 5.41) is 9.26. The minimum atomic E-state index is -0.194. The number of nitrogens with zero attached hydrogens (tertiary/aromatic N) is 1. The van der Waals surface area contributed by atoms with Gasteiger partial charge >= 0.3 is 0 Å². The van der Waals surface area contributed by atoms with E-state index in [2.05, 4.69) is 59.8 Å². The van der Waals surface area contributed by atoms with Crippen LogP contribution in [0, 0.1) is 13.8 Å². The predicted octanol–water partition coefficient (Wildman–Crippen LogP) is 4.81. The quantitative estimate of drug-likeness (QED) is 0.711. The normalized spacial score (nSPS) is 20.1. The summed E-state index contributed by atoms with van der Waals surface area (Å²) in [6.07, 6.45) is 2.91. The Bertz CT molecular complexity index is 909. The molecule has 2 aromatic carbocycles. The molecule has 3 nitrogen and oxygen atoms in total. The topological polar surface area (TPSA) is 37.0 Å². The molecule has 128 valence electrons. The number of hydrogen-bond acceptors (Lipinski definition) is 3. The highest BCUT2D eigenvalue weighted by atomic mass is 35.5. The van der Waals surface area contributed by atoms with Crippen LogP contribution in [0.5, 0.6) is 0 Å². The van der Waals surface area contributed by atoms with Crippen molar-refractivity contribution in [1.29, 1.82) is 0 Å². The second-order valence-electron chi connectivity index (χ2n) is 6.99. The fraction of sp³-hybridized carbons (Fsp3) is 0.286. The summed E-state index contributed by atoms with van der Waals surface area (Å²) in [5.74, 6) is 0. The van der Waals surface area contributed by atoms with Gasteiger partial charge in [0.15, 0.2) is 0 Å². The van der Waals surface area contributed by atoms with E-state index in [0.29, 0.717) is 0 Å². The molecule has 1 aliphatic heterocycles. The Labute approximate surface area is 153 Å². The maximum absolute atomic E-state index is 6.60. The molecule has 0 aliphatic carbocycles. The first-order valence-electron chi connectivity index (χ1n) is 8.68. The van der Waals surface area contributed by atoms with Gasteiger partial charge < -0.3 is 10.6 Å². The molecule has 2 N–H and O–H groups in total. The number of pyridine rings is 1. The summed E-state index contributed by atoms with van der Waals surface area (Å²) >= 11 is 6.60. The average molecular weight is 352 g/mol. The van der Waals surface area contributed by atoms with Crippen LogP contribution in [0.3, 0.4) is 0 Å². The summed E-state index contributed by atoms with van der Waals surface area (Å²) in [5.41, 5.74) is 5.48. The molecule has 0 amide bonds. The van der Waals surface area contributed by atoms with E-state index in [9.17, 15) is 0 Å². The maximum Gasteiger partial charge on any atom is 0.0778 e. The average Bonchev–Trinajstić information content (AvgIpc) is 3.04. The smallest absolute Gasteiger partial charge is 0.0778 e. The minimum Gasteiger partial charge on any atom is -0.374 e. The number of nitrogens with one attached hydrogen (secondary N) is 2. The lowest BCUT2D eigenvalue weighted by Crippen LogP contribution is -2.38. The first-order valence-corrected chi connectivity index (χ1v) is 9.06. The monoisotopic (exact) mass is 351 g/mol. The first-order chi connectivity index (χ1) is 12.1. The van der Waals surface area contributed by atoms with E-state index >= 15 is 0 Å². The van der Waals surface area contributed by atoms with Crippen LogP contribution in [0.15, 0.2) is 48.7 Å². The summed E-state index contributed by atoms with van der Waals surface area (Å²) in [6, 6.07) is 14.7. The molecule has 0 spiro atoms. The summed E-state index contributed by atoms with van der Waals surface area (Å²) in [4.78, 5) is 4.56. The molecule has 2 heterocycles. The van der Waals surface area contributed by atoms with Crippen molar-refractivity contribution in [3.8, 4) is 0 Å². The van der Waals surface area contributed by atoms with E-state index in [1.807, 2.05) is 18.3 Å². The Balaban J connectivity index is 1.77. The number of aryl methyl sites for hydroxylation is 2. The Kier molecular flexibility index (Phi) is 4.14. The van der Waals surface area contributed by atoms with Gasteiger partial charge in [0.1, 0.15) is 0 Å². The molecule has 1 aliphatic rings. The number of benzene rings is 2. The predicted molar refractivity (Wildman–Crippen MR) is 105 cm³/mol. The van der Waals surface area contributed by atoms with E-state index in [0.717, 1.165) is 41.1 Å². The number of fused-ring (bicyclic) bond motifs is 1. The van der Waals surface area contributed by atoms with E-state index in [-0.39, 0.29) is 5.54 Å². The standard InChI is InChI=1S/C21H22ClN3/c1-14-10-16-6-7-17(11-19(16)24-12-14)25-21(8-9-23-13-21)20-15(2)4-3-5-18(20)22/h3-7,10-12,23,25H,8-9,13H2,1-2H3/t21-/m0/s1. The van der Waals surface area contributed by atoms with Crippen molar-refractivity contribution >= 4 is 28.2 Å². The molecule has 0 unspecified atom stereocenters. The SMILES string of the molecule is Cc1cnc2cc(N[C@@]3(c4c(C)cccc4Cl)CCNC3)ccc2c1. The number of hydrogen-bond donors (Lipinski definition) is 2. The molecule has 1 fully saturated rings. The van der Waals surface area contributed by atoms with Crippen LogP contribution in [0.2, 0.25) is 5.02 Å². The summed E-state index contributed by atoms with van der Waals surface area (Å²) in [6.45, 7) is 6.03. The van der Waals surface area contributed by atoms with Crippen LogP contribution in [-0.4, -0.2) is 18.1 Å². The van der Waals surface area contributed by atoms with Gasteiger partial charge in [-0.3, -0.25) is 4.98 Å². The van der Waals surface area contributed by atoms with E-state index in [1.54, 1.807) is 0 Å². The van der Waals surface area contributed by atoms with Crippen LogP contribution in [-0.2, 0) is 5.54 Å². The van der Waals surface area contributed by atoms with Crippen molar-refractivity contribution in [1.82, 2.24) is 10.3 Å². The molecule has 1 aromatic heterocycles. The molecule has 3 aromatic rings. The highest BCUT2D eigenvalue weighted by Gasteiger charge is 2.38. The van der Waals surface area contributed by atoms with Crippen molar-refractivity contribution in [2.75, 3.05) is 18.4 Å². The Morgan fingerprint density at radius 3 is 2.80 bits per heavy atom. The highest BCUT2D eigenvalue weighted by Crippen LogP contribution is 2.38. The van der Waals surface area contributed by atoms with E-state index in [1.165, 1.54) is 16.7 Å². The maximum atomic E-state index is 6.60. The van der Waals surface area contributed by atoms with Crippen molar-refractivity contribution in [2.45, 2.75) is 25.8 Å². The second kappa shape index (κ2) is 6.32. The molecule has 4 heteroatoms. The number of rotatable bonds is 3. The second-order valence-corrected chi connectivity index (χ2v) is 7.39. The molecule has 0 bridgehead atoms. The van der Waals surface area contributed by atoms with Crippen LogP contribution in [0.1, 0.15) is 23.1 Å². The Hall–Kier alpha value is -2.10. The summed E-state index contributed by atoms with van der Waals surface area (Å²) in [7, 11) is 0. The van der Waals surface area contributed by atoms with Gasteiger partial charge in [-0.25, -0.2) is 0 Å². The molecular formula is C21H22ClN3. The lowest BCUT2D eigenvalue weighted by atomic mass is 9.85. The van der Waals surface area contributed by atoms with Crippen LogP contribution in [0.25, 0.3) is 10.9 Å². The molecule has 0 radical (unpaired) electrons. The van der Waals surface area contributed by atoms with Crippen molar-refractivity contribution in [2.24, 2.45) is 0 Å². The Morgan fingerprint density at radius 2 is 2.04 bits per heavy atom. The third kappa shape index (κ3) is 2.99. The van der Waals surface area contributed by atoms with Gasteiger partial charge in [0, 0.05) is 34.4 Å². The third-order valence-corrected chi connectivity index (χ3v) is 5.38. The van der Waals surface area contributed by atoms with Crippen molar-refractivity contribution < 1.29 is 0 Å². The van der Waals surface area contributed by atoms with Gasteiger partial charge in [0.2, 0.25) is 0 Å². The fourth-order valence-electron chi connectivity index (χ4n) is 3.90. The van der Waals surface area contributed by atoms with Gasteiger partial charge in [-0.15, -0.1) is 0 Å². The molecule has 1 saturated heterocycles. The van der Waals surface area contributed by atoms with Crippen molar-refractivity contribution in [3.05, 3.63) is 70.4 Å². The molecule has 1 atom stereocenters. The highest BCUT2D eigenvalue weighted by molar-refractivity contribution is 6.31. The van der Waals surface area contributed by atoms with Crippen LogP contribution < -0.4 is 10.6 Å². The first kappa shape index (κ1) is 16.4. The zero-order chi connectivity index (χ0) is 17.4.